The third kappa shape index (κ3) is 2.57. The number of furan rings is 1. The van der Waals surface area contributed by atoms with E-state index in [1.54, 1.807) is 12.1 Å². The van der Waals surface area contributed by atoms with Gasteiger partial charge < -0.3 is 9.73 Å². The summed E-state index contributed by atoms with van der Waals surface area (Å²) in [6.07, 6.45) is 0. The van der Waals surface area contributed by atoms with Crippen molar-refractivity contribution in [1.82, 2.24) is 5.32 Å². The molecule has 0 saturated heterocycles. The van der Waals surface area contributed by atoms with Crippen LogP contribution in [-0.2, 0) is 0 Å². The summed E-state index contributed by atoms with van der Waals surface area (Å²) < 4.78 is 6.34. The highest BCUT2D eigenvalue weighted by Crippen LogP contribution is 2.25. The average molecular weight is 306 g/mol. The first-order valence-corrected chi connectivity index (χ1v) is 7.37. The van der Waals surface area contributed by atoms with Gasteiger partial charge in [0, 0.05) is 5.39 Å². The third-order valence-electron chi connectivity index (χ3n) is 3.02. The Morgan fingerprint density at radius 2 is 2.10 bits per heavy atom. The molecule has 3 rings (SSSR count). The van der Waals surface area contributed by atoms with Gasteiger partial charge in [0.1, 0.15) is 11.3 Å². The molecule has 0 unspecified atom stereocenters. The van der Waals surface area contributed by atoms with E-state index in [1.165, 1.54) is 11.3 Å². The van der Waals surface area contributed by atoms with Crippen LogP contribution in [0.25, 0.3) is 11.0 Å². The summed E-state index contributed by atoms with van der Waals surface area (Å²) in [5.41, 5.74) is 0.822. The number of fused-ring (bicyclic) bond motifs is 1. The van der Waals surface area contributed by atoms with Crippen molar-refractivity contribution < 1.29 is 9.21 Å². The molecule has 20 heavy (non-hydrogen) atoms. The molecule has 1 aromatic carbocycles. The van der Waals surface area contributed by atoms with Crippen LogP contribution in [0.2, 0.25) is 4.34 Å². The fourth-order valence-electron chi connectivity index (χ4n) is 1.99. The van der Waals surface area contributed by atoms with Crippen LogP contribution in [0.5, 0.6) is 0 Å². The number of nitrogens with one attached hydrogen (secondary N) is 1. The van der Waals surface area contributed by atoms with Crippen molar-refractivity contribution in [3.63, 3.8) is 0 Å². The first-order valence-electron chi connectivity index (χ1n) is 6.18. The first-order chi connectivity index (χ1) is 9.63. The molecule has 0 aliphatic heterocycles. The van der Waals surface area contributed by atoms with Gasteiger partial charge in [-0.25, -0.2) is 0 Å². The number of hydrogen-bond acceptors (Lipinski definition) is 3. The van der Waals surface area contributed by atoms with E-state index < -0.39 is 0 Å². The predicted molar refractivity (Wildman–Crippen MR) is 81.4 cm³/mol. The van der Waals surface area contributed by atoms with Crippen LogP contribution in [0, 0.1) is 0 Å². The van der Waals surface area contributed by atoms with Crippen LogP contribution in [0.15, 0.2) is 46.9 Å². The Hall–Kier alpha value is -1.78. The molecule has 0 aliphatic rings. The van der Waals surface area contributed by atoms with E-state index in [1.807, 2.05) is 37.3 Å². The Kier molecular flexibility index (Phi) is 3.51. The molecule has 0 radical (unpaired) electrons. The van der Waals surface area contributed by atoms with Crippen LogP contribution >= 0.6 is 22.9 Å². The number of carbonyl (C=O) groups excluding carboxylic acids is 1. The van der Waals surface area contributed by atoms with Crippen LogP contribution in [0.1, 0.15) is 28.4 Å². The molecule has 0 bridgehead atoms. The van der Waals surface area contributed by atoms with Gasteiger partial charge in [0.2, 0.25) is 0 Å². The summed E-state index contributed by atoms with van der Waals surface area (Å²) >= 11 is 7.09. The third-order valence-corrected chi connectivity index (χ3v) is 4.25. The lowest BCUT2D eigenvalue weighted by Gasteiger charge is -2.10. The molecule has 0 saturated carbocycles. The molecule has 0 aliphatic carbocycles. The van der Waals surface area contributed by atoms with Gasteiger partial charge in [-0.05, 0) is 31.2 Å². The number of amides is 1. The van der Waals surface area contributed by atoms with Crippen molar-refractivity contribution in [3.8, 4) is 0 Å². The second-order valence-corrected chi connectivity index (χ2v) is 6.20. The number of halogens is 1. The zero-order chi connectivity index (χ0) is 14.1. The van der Waals surface area contributed by atoms with Gasteiger partial charge in [0.25, 0.3) is 5.91 Å². The SMILES string of the molecule is C[C@H](NC(=O)c1ccc(Cl)s1)c1cc2ccccc2o1. The largest absolute Gasteiger partial charge is 0.459 e. The van der Waals surface area contributed by atoms with Crippen molar-refractivity contribution in [2.24, 2.45) is 0 Å². The number of carbonyl (C=O) groups is 1. The highest BCUT2D eigenvalue weighted by atomic mass is 35.5. The van der Waals surface area contributed by atoms with E-state index in [0.717, 1.165) is 16.7 Å². The predicted octanol–water partition coefficient (Wildman–Crippen LogP) is 4.64. The van der Waals surface area contributed by atoms with E-state index in [9.17, 15) is 4.79 Å². The molecule has 1 amide bonds. The van der Waals surface area contributed by atoms with E-state index >= 15 is 0 Å². The lowest BCUT2D eigenvalue weighted by Crippen LogP contribution is -2.25. The maximum Gasteiger partial charge on any atom is 0.261 e. The first kappa shape index (κ1) is 13.2. The van der Waals surface area contributed by atoms with E-state index in [0.29, 0.717) is 9.21 Å². The van der Waals surface area contributed by atoms with Crippen molar-refractivity contribution in [1.29, 1.82) is 0 Å². The van der Waals surface area contributed by atoms with Crippen molar-refractivity contribution >= 4 is 39.8 Å². The number of benzene rings is 1. The van der Waals surface area contributed by atoms with Crippen LogP contribution in [0.4, 0.5) is 0 Å². The number of para-hydroxylation sites is 1. The van der Waals surface area contributed by atoms with Gasteiger partial charge in [-0.1, -0.05) is 29.8 Å². The van der Waals surface area contributed by atoms with Gasteiger partial charge in [-0.15, -0.1) is 11.3 Å². The van der Waals surface area contributed by atoms with Gasteiger partial charge >= 0.3 is 0 Å². The molecular formula is C15H12ClNO2S. The number of hydrogen-bond donors (Lipinski definition) is 1. The average Bonchev–Trinajstić information content (AvgIpc) is 3.04. The molecule has 2 heterocycles. The fourth-order valence-corrected chi connectivity index (χ4v) is 2.94. The quantitative estimate of drug-likeness (QED) is 0.766. The zero-order valence-electron chi connectivity index (χ0n) is 10.7. The summed E-state index contributed by atoms with van der Waals surface area (Å²) in [4.78, 5) is 12.7. The summed E-state index contributed by atoms with van der Waals surface area (Å²) in [5, 5.41) is 3.94. The summed E-state index contributed by atoms with van der Waals surface area (Å²) in [7, 11) is 0. The van der Waals surface area contributed by atoms with E-state index in [-0.39, 0.29) is 11.9 Å². The lowest BCUT2D eigenvalue weighted by atomic mass is 10.2. The Bertz CT molecular complexity index is 729. The second kappa shape index (κ2) is 5.31. The van der Waals surface area contributed by atoms with Crippen LogP contribution < -0.4 is 5.32 Å². The van der Waals surface area contributed by atoms with Crippen molar-refractivity contribution in [2.75, 3.05) is 0 Å². The smallest absolute Gasteiger partial charge is 0.261 e. The van der Waals surface area contributed by atoms with Crippen molar-refractivity contribution in [2.45, 2.75) is 13.0 Å². The Balaban J connectivity index is 1.78. The molecule has 2 aromatic heterocycles. The molecule has 1 N–H and O–H groups in total. The fraction of sp³-hybridized carbons (Fsp3) is 0.133. The molecule has 5 heteroatoms. The zero-order valence-corrected chi connectivity index (χ0v) is 12.3. The van der Waals surface area contributed by atoms with Gasteiger partial charge in [-0.2, -0.15) is 0 Å². The maximum atomic E-state index is 12.1. The number of rotatable bonds is 3. The van der Waals surface area contributed by atoms with Crippen molar-refractivity contribution in [3.05, 3.63) is 57.4 Å². The van der Waals surface area contributed by atoms with Crippen LogP contribution in [-0.4, -0.2) is 5.91 Å². The maximum absolute atomic E-state index is 12.1. The Morgan fingerprint density at radius 1 is 1.30 bits per heavy atom. The lowest BCUT2D eigenvalue weighted by molar-refractivity contribution is 0.0940. The molecule has 1 atom stereocenters. The van der Waals surface area contributed by atoms with E-state index in [4.69, 9.17) is 16.0 Å². The number of thiophene rings is 1. The standard InChI is InChI=1S/C15H12ClNO2S/c1-9(17-15(18)13-6-7-14(16)20-13)12-8-10-4-2-3-5-11(10)19-12/h2-9H,1H3,(H,17,18)/t9-/m0/s1. The van der Waals surface area contributed by atoms with Gasteiger partial charge in [0.05, 0.1) is 15.3 Å². The summed E-state index contributed by atoms with van der Waals surface area (Å²) in [5.74, 6) is 0.594. The minimum absolute atomic E-state index is 0.144. The molecule has 3 nitrogen and oxygen atoms in total. The second-order valence-electron chi connectivity index (χ2n) is 4.49. The Labute approximate surface area is 125 Å². The molecule has 0 spiro atoms. The minimum Gasteiger partial charge on any atom is -0.459 e. The highest BCUT2D eigenvalue weighted by Gasteiger charge is 2.16. The molecule has 3 aromatic rings. The minimum atomic E-state index is -0.198. The van der Waals surface area contributed by atoms with Gasteiger partial charge in [-0.3, -0.25) is 4.79 Å². The highest BCUT2D eigenvalue weighted by molar-refractivity contribution is 7.17. The molecule has 0 fully saturated rings. The van der Waals surface area contributed by atoms with E-state index in [2.05, 4.69) is 5.32 Å². The summed E-state index contributed by atoms with van der Waals surface area (Å²) in [6.45, 7) is 1.89. The monoisotopic (exact) mass is 305 g/mol. The Morgan fingerprint density at radius 3 is 2.80 bits per heavy atom. The molecule has 102 valence electrons. The summed E-state index contributed by atoms with van der Waals surface area (Å²) in [6, 6.07) is 13.0. The molecular weight excluding hydrogens is 294 g/mol. The van der Waals surface area contributed by atoms with Crippen LogP contribution in [0.3, 0.4) is 0 Å². The van der Waals surface area contributed by atoms with Gasteiger partial charge in [0.15, 0.2) is 0 Å². The topological polar surface area (TPSA) is 42.2 Å². The normalized spacial score (nSPS) is 12.5.